The van der Waals surface area contributed by atoms with Crippen molar-refractivity contribution in [1.29, 1.82) is 0 Å². The van der Waals surface area contributed by atoms with Crippen molar-refractivity contribution in [3.63, 3.8) is 0 Å². The monoisotopic (exact) mass is 410 g/mol. The SMILES string of the molecule is O=C(O)[C@@H](c1c[nH]c2cc(F)ccc12)N1CCN(c2nsc3ccccc23)CC1. The molecule has 1 aliphatic rings. The van der Waals surface area contributed by atoms with Gasteiger partial charge >= 0.3 is 5.97 Å². The summed E-state index contributed by atoms with van der Waals surface area (Å²) in [5.74, 6) is -0.274. The Morgan fingerprint density at radius 2 is 1.93 bits per heavy atom. The smallest absolute Gasteiger partial charge is 0.325 e. The molecule has 1 atom stereocenters. The lowest BCUT2D eigenvalue weighted by Crippen LogP contribution is -2.49. The van der Waals surface area contributed by atoms with E-state index in [1.807, 2.05) is 17.0 Å². The third kappa shape index (κ3) is 3.14. The molecule has 0 aliphatic carbocycles. The van der Waals surface area contributed by atoms with Crippen molar-refractivity contribution >= 4 is 44.3 Å². The van der Waals surface area contributed by atoms with Gasteiger partial charge in [-0.15, -0.1) is 0 Å². The Labute approximate surface area is 170 Å². The molecule has 1 fully saturated rings. The number of halogens is 1. The molecule has 0 spiro atoms. The van der Waals surface area contributed by atoms with Crippen LogP contribution in [-0.4, -0.2) is 51.5 Å². The van der Waals surface area contributed by atoms with Gasteiger partial charge in [0.25, 0.3) is 0 Å². The fourth-order valence-corrected chi connectivity index (χ4v) is 4.92. The fraction of sp³-hybridized carbons (Fsp3) is 0.238. The number of carboxylic acids is 1. The minimum absolute atomic E-state index is 0.345. The van der Waals surface area contributed by atoms with Crippen molar-refractivity contribution in [3.8, 4) is 0 Å². The predicted molar refractivity (Wildman–Crippen MR) is 112 cm³/mol. The van der Waals surface area contributed by atoms with E-state index >= 15 is 0 Å². The topological polar surface area (TPSA) is 72.5 Å². The summed E-state index contributed by atoms with van der Waals surface area (Å²) in [6, 6.07) is 11.8. The molecule has 29 heavy (non-hydrogen) atoms. The zero-order chi connectivity index (χ0) is 20.0. The quantitative estimate of drug-likeness (QED) is 0.534. The molecule has 6 nitrogen and oxygen atoms in total. The Morgan fingerprint density at radius 1 is 1.14 bits per heavy atom. The third-order valence-electron chi connectivity index (χ3n) is 5.54. The number of nitrogens with zero attached hydrogens (tertiary/aromatic N) is 3. The van der Waals surface area contributed by atoms with Crippen molar-refractivity contribution in [3.05, 3.63) is 60.0 Å². The molecule has 148 valence electrons. The lowest BCUT2D eigenvalue weighted by atomic mass is 10.0. The van der Waals surface area contributed by atoms with Gasteiger partial charge in [-0.05, 0) is 41.9 Å². The van der Waals surface area contributed by atoms with Gasteiger partial charge in [0.2, 0.25) is 0 Å². The molecule has 8 heteroatoms. The predicted octanol–water partition coefficient (Wildman–Crippen LogP) is 3.86. The second-order valence-corrected chi connectivity index (χ2v) is 8.01. The van der Waals surface area contributed by atoms with E-state index in [0.29, 0.717) is 37.3 Å². The molecule has 1 aliphatic heterocycles. The van der Waals surface area contributed by atoms with Crippen LogP contribution < -0.4 is 4.90 Å². The number of aromatic nitrogens is 2. The highest BCUT2D eigenvalue weighted by atomic mass is 32.1. The number of anilines is 1. The maximum absolute atomic E-state index is 13.5. The number of rotatable bonds is 4. The largest absolute Gasteiger partial charge is 0.480 e. The van der Waals surface area contributed by atoms with E-state index in [4.69, 9.17) is 0 Å². The van der Waals surface area contributed by atoms with E-state index in [1.165, 1.54) is 23.7 Å². The Balaban J connectivity index is 1.39. The number of hydrogen-bond donors (Lipinski definition) is 2. The average molecular weight is 410 g/mol. The first-order valence-electron chi connectivity index (χ1n) is 9.44. The summed E-state index contributed by atoms with van der Waals surface area (Å²) in [5, 5.41) is 11.8. The summed E-state index contributed by atoms with van der Waals surface area (Å²) in [6.07, 6.45) is 1.68. The molecule has 0 saturated carbocycles. The number of carboxylic acid groups (broad SMARTS) is 1. The molecular formula is C21H19FN4O2S. The minimum Gasteiger partial charge on any atom is -0.480 e. The Bertz CT molecular complexity index is 1200. The van der Waals surface area contributed by atoms with Crippen LogP contribution in [0.5, 0.6) is 0 Å². The third-order valence-corrected chi connectivity index (χ3v) is 6.36. The Hall–Kier alpha value is -2.97. The van der Waals surface area contributed by atoms with E-state index in [0.717, 1.165) is 21.3 Å². The van der Waals surface area contributed by atoms with Crippen molar-refractivity contribution in [2.24, 2.45) is 0 Å². The molecule has 4 aromatic rings. The molecule has 5 rings (SSSR count). The first kappa shape index (κ1) is 18.1. The summed E-state index contributed by atoms with van der Waals surface area (Å²) >= 11 is 1.49. The summed E-state index contributed by atoms with van der Waals surface area (Å²) in [4.78, 5) is 19.3. The number of nitrogens with one attached hydrogen (secondary N) is 1. The highest BCUT2D eigenvalue weighted by molar-refractivity contribution is 7.13. The maximum atomic E-state index is 13.5. The Kier molecular flexibility index (Phi) is 4.44. The van der Waals surface area contributed by atoms with Gasteiger partial charge in [0.1, 0.15) is 17.7 Å². The molecule has 2 N–H and O–H groups in total. The van der Waals surface area contributed by atoms with E-state index in [2.05, 4.69) is 26.4 Å². The first-order valence-corrected chi connectivity index (χ1v) is 10.2. The number of aliphatic carboxylic acids is 1. The van der Waals surface area contributed by atoms with Crippen LogP contribution in [-0.2, 0) is 4.79 Å². The number of fused-ring (bicyclic) bond motifs is 2. The molecule has 0 amide bonds. The molecule has 0 bridgehead atoms. The van der Waals surface area contributed by atoms with Crippen molar-refractivity contribution in [1.82, 2.24) is 14.3 Å². The molecule has 0 radical (unpaired) electrons. The molecular weight excluding hydrogens is 391 g/mol. The highest BCUT2D eigenvalue weighted by Crippen LogP contribution is 2.33. The molecule has 2 aromatic carbocycles. The highest BCUT2D eigenvalue weighted by Gasteiger charge is 2.32. The summed E-state index contributed by atoms with van der Waals surface area (Å²) in [7, 11) is 0. The van der Waals surface area contributed by atoms with Gasteiger partial charge in [0.05, 0.1) is 4.70 Å². The summed E-state index contributed by atoms with van der Waals surface area (Å²) < 4.78 is 19.3. The van der Waals surface area contributed by atoms with E-state index in [1.54, 1.807) is 12.3 Å². The maximum Gasteiger partial charge on any atom is 0.325 e. The van der Waals surface area contributed by atoms with Crippen LogP contribution in [0.3, 0.4) is 0 Å². The number of aromatic amines is 1. The Morgan fingerprint density at radius 3 is 2.72 bits per heavy atom. The normalized spacial score (nSPS) is 16.5. The van der Waals surface area contributed by atoms with Gasteiger partial charge in [-0.25, -0.2) is 4.39 Å². The van der Waals surface area contributed by atoms with Crippen LogP contribution in [0.2, 0.25) is 0 Å². The lowest BCUT2D eigenvalue weighted by molar-refractivity contribution is -0.143. The van der Waals surface area contributed by atoms with Crippen LogP contribution in [0.1, 0.15) is 11.6 Å². The van der Waals surface area contributed by atoms with Crippen molar-refractivity contribution in [2.75, 3.05) is 31.1 Å². The molecule has 0 unspecified atom stereocenters. The number of hydrogen-bond acceptors (Lipinski definition) is 5. The van der Waals surface area contributed by atoms with Crippen LogP contribution in [0.15, 0.2) is 48.7 Å². The summed E-state index contributed by atoms with van der Waals surface area (Å²) in [6.45, 7) is 2.62. The van der Waals surface area contributed by atoms with Crippen LogP contribution in [0.4, 0.5) is 10.2 Å². The zero-order valence-corrected chi connectivity index (χ0v) is 16.3. The number of H-pyrrole nitrogens is 1. The van der Waals surface area contributed by atoms with E-state index in [9.17, 15) is 14.3 Å². The lowest BCUT2D eigenvalue weighted by Gasteiger charge is -2.38. The average Bonchev–Trinajstić information content (AvgIpc) is 3.33. The number of carbonyl (C=O) groups is 1. The van der Waals surface area contributed by atoms with Gasteiger partial charge < -0.3 is 15.0 Å². The first-order chi connectivity index (χ1) is 14.1. The van der Waals surface area contributed by atoms with Gasteiger partial charge in [0, 0.05) is 54.2 Å². The van der Waals surface area contributed by atoms with Crippen molar-refractivity contribution < 1.29 is 14.3 Å². The molecule has 2 aromatic heterocycles. The van der Waals surface area contributed by atoms with E-state index < -0.39 is 12.0 Å². The summed E-state index contributed by atoms with van der Waals surface area (Å²) in [5.41, 5.74) is 1.28. The second kappa shape index (κ2) is 7.13. The van der Waals surface area contributed by atoms with Gasteiger partial charge in [0.15, 0.2) is 0 Å². The van der Waals surface area contributed by atoms with Crippen molar-refractivity contribution in [2.45, 2.75) is 6.04 Å². The van der Waals surface area contributed by atoms with Gasteiger partial charge in [-0.1, -0.05) is 12.1 Å². The molecule has 3 heterocycles. The minimum atomic E-state index is -0.900. The van der Waals surface area contributed by atoms with Crippen LogP contribution in [0.25, 0.3) is 21.0 Å². The molecule has 1 saturated heterocycles. The number of piperazine rings is 1. The fourth-order valence-electron chi connectivity index (χ4n) is 4.13. The van der Waals surface area contributed by atoms with Crippen LogP contribution >= 0.6 is 11.5 Å². The number of benzene rings is 2. The standard InChI is InChI=1S/C21H19FN4O2S/c22-13-5-6-14-16(12-23-17(14)11-13)19(21(27)28)25-7-9-26(10-8-25)20-15-3-1-2-4-18(15)29-24-20/h1-6,11-12,19,23H,7-10H2,(H,27,28)/t19-/m1/s1. The second-order valence-electron chi connectivity index (χ2n) is 7.20. The van der Waals surface area contributed by atoms with Gasteiger partial charge in [-0.2, -0.15) is 4.37 Å². The van der Waals surface area contributed by atoms with Gasteiger partial charge in [-0.3, -0.25) is 9.69 Å². The van der Waals surface area contributed by atoms with E-state index in [-0.39, 0.29) is 5.82 Å². The van der Waals surface area contributed by atoms with Crippen LogP contribution in [0, 0.1) is 5.82 Å². The zero-order valence-electron chi connectivity index (χ0n) is 15.5.